The summed E-state index contributed by atoms with van der Waals surface area (Å²) in [5.41, 5.74) is 1.05. The molecule has 0 heterocycles. The molecule has 1 atom stereocenters. The van der Waals surface area contributed by atoms with Crippen molar-refractivity contribution in [3.05, 3.63) is 59.1 Å². The summed E-state index contributed by atoms with van der Waals surface area (Å²) in [7, 11) is 0. The van der Waals surface area contributed by atoms with Crippen molar-refractivity contribution in [1.82, 2.24) is 0 Å². The van der Waals surface area contributed by atoms with Gasteiger partial charge in [-0.2, -0.15) is 0 Å². The van der Waals surface area contributed by atoms with E-state index in [-0.39, 0.29) is 6.10 Å². The zero-order valence-electron chi connectivity index (χ0n) is 11.8. The van der Waals surface area contributed by atoms with Gasteiger partial charge in [0.2, 0.25) is 0 Å². The second-order valence-electron chi connectivity index (χ2n) is 4.73. The summed E-state index contributed by atoms with van der Waals surface area (Å²) in [4.78, 5) is 0. The van der Waals surface area contributed by atoms with Gasteiger partial charge in [0.15, 0.2) is 0 Å². The molecule has 0 N–H and O–H groups in total. The van der Waals surface area contributed by atoms with E-state index in [1.54, 1.807) is 0 Å². The lowest BCUT2D eigenvalue weighted by Gasteiger charge is -2.13. The minimum atomic E-state index is 0.207. The molecule has 2 aromatic rings. The Bertz CT molecular complexity index is 554. The number of hydrogen-bond acceptors (Lipinski definition) is 2. The van der Waals surface area contributed by atoms with Crippen LogP contribution in [-0.4, -0.2) is 6.10 Å². The molecule has 0 aromatic heterocycles. The van der Waals surface area contributed by atoms with Crippen molar-refractivity contribution < 1.29 is 9.47 Å². The number of halogens is 1. The quantitative estimate of drug-likeness (QED) is 0.737. The van der Waals surface area contributed by atoms with Gasteiger partial charge in [0.25, 0.3) is 0 Å². The van der Waals surface area contributed by atoms with Crippen LogP contribution in [0.15, 0.2) is 48.5 Å². The maximum absolute atomic E-state index is 5.95. The summed E-state index contributed by atoms with van der Waals surface area (Å²) in [6, 6.07) is 15.4. The van der Waals surface area contributed by atoms with E-state index in [2.05, 4.69) is 13.8 Å². The predicted molar refractivity (Wildman–Crippen MR) is 82.6 cm³/mol. The van der Waals surface area contributed by atoms with E-state index in [0.29, 0.717) is 6.61 Å². The van der Waals surface area contributed by atoms with Crippen LogP contribution in [0.5, 0.6) is 11.5 Å². The molecule has 0 bridgehead atoms. The molecule has 1 unspecified atom stereocenters. The summed E-state index contributed by atoms with van der Waals surface area (Å²) >= 11 is 5.95. The Morgan fingerprint density at radius 3 is 2.55 bits per heavy atom. The van der Waals surface area contributed by atoms with Gasteiger partial charge in [0.05, 0.1) is 6.10 Å². The lowest BCUT2D eigenvalue weighted by molar-refractivity contribution is 0.215. The third kappa shape index (κ3) is 4.46. The van der Waals surface area contributed by atoms with Crippen LogP contribution in [0.4, 0.5) is 0 Å². The van der Waals surface area contributed by atoms with Crippen LogP contribution >= 0.6 is 11.6 Å². The van der Waals surface area contributed by atoms with Gasteiger partial charge in [-0.15, -0.1) is 0 Å². The van der Waals surface area contributed by atoms with Crippen LogP contribution in [0.1, 0.15) is 25.8 Å². The van der Waals surface area contributed by atoms with E-state index in [4.69, 9.17) is 21.1 Å². The molecule has 0 fully saturated rings. The number of ether oxygens (including phenoxy) is 2. The average Bonchev–Trinajstić information content (AvgIpc) is 2.45. The lowest BCUT2D eigenvalue weighted by Crippen LogP contribution is -2.09. The van der Waals surface area contributed by atoms with Gasteiger partial charge in [0, 0.05) is 11.1 Å². The van der Waals surface area contributed by atoms with Crippen LogP contribution < -0.4 is 9.47 Å². The smallest absolute Gasteiger partial charge is 0.123 e. The molecule has 2 rings (SSSR count). The third-order valence-electron chi connectivity index (χ3n) is 3.01. The van der Waals surface area contributed by atoms with Crippen LogP contribution in [-0.2, 0) is 6.61 Å². The Balaban J connectivity index is 1.97. The monoisotopic (exact) mass is 290 g/mol. The standard InChI is InChI=1S/C17H19ClO2/c1-3-13(2)20-17-9-5-8-16(11-17)19-12-14-6-4-7-15(18)10-14/h4-11,13H,3,12H2,1-2H3. The van der Waals surface area contributed by atoms with Crippen LogP contribution in [0, 0.1) is 0 Å². The Morgan fingerprint density at radius 1 is 1.05 bits per heavy atom. The molecule has 0 amide bonds. The molecular formula is C17H19ClO2. The zero-order valence-corrected chi connectivity index (χ0v) is 12.6. The Morgan fingerprint density at radius 2 is 1.80 bits per heavy atom. The van der Waals surface area contributed by atoms with Crippen molar-refractivity contribution in [3.8, 4) is 11.5 Å². The van der Waals surface area contributed by atoms with Gasteiger partial charge in [-0.05, 0) is 43.2 Å². The van der Waals surface area contributed by atoms with Gasteiger partial charge < -0.3 is 9.47 Å². The molecule has 2 aromatic carbocycles. The highest BCUT2D eigenvalue weighted by molar-refractivity contribution is 6.30. The molecule has 0 aliphatic rings. The molecule has 3 heteroatoms. The lowest BCUT2D eigenvalue weighted by atomic mass is 10.2. The van der Waals surface area contributed by atoms with E-state index in [9.17, 15) is 0 Å². The summed E-state index contributed by atoms with van der Waals surface area (Å²) in [6.45, 7) is 4.65. The molecule has 106 valence electrons. The fourth-order valence-corrected chi connectivity index (χ4v) is 1.96. The molecule has 0 spiro atoms. The fraction of sp³-hybridized carbons (Fsp3) is 0.294. The van der Waals surface area contributed by atoms with E-state index >= 15 is 0 Å². The predicted octanol–water partition coefficient (Wildman–Crippen LogP) is 5.10. The van der Waals surface area contributed by atoms with Gasteiger partial charge in [-0.25, -0.2) is 0 Å². The highest BCUT2D eigenvalue weighted by Crippen LogP contribution is 2.22. The van der Waals surface area contributed by atoms with Crippen molar-refractivity contribution in [2.24, 2.45) is 0 Å². The first kappa shape index (κ1) is 14.7. The second kappa shape index (κ2) is 7.20. The van der Waals surface area contributed by atoms with E-state index in [1.807, 2.05) is 48.5 Å². The van der Waals surface area contributed by atoms with E-state index in [0.717, 1.165) is 28.5 Å². The minimum absolute atomic E-state index is 0.207. The summed E-state index contributed by atoms with van der Waals surface area (Å²) in [5.74, 6) is 1.63. The molecule has 0 aliphatic carbocycles. The molecule has 0 saturated heterocycles. The van der Waals surface area contributed by atoms with Crippen molar-refractivity contribution in [2.75, 3.05) is 0 Å². The maximum Gasteiger partial charge on any atom is 0.123 e. The average molecular weight is 291 g/mol. The van der Waals surface area contributed by atoms with Crippen molar-refractivity contribution >= 4 is 11.6 Å². The van der Waals surface area contributed by atoms with Gasteiger partial charge in [0.1, 0.15) is 18.1 Å². The third-order valence-corrected chi connectivity index (χ3v) is 3.25. The van der Waals surface area contributed by atoms with Gasteiger partial charge in [-0.1, -0.05) is 36.7 Å². The topological polar surface area (TPSA) is 18.5 Å². The largest absolute Gasteiger partial charge is 0.491 e. The molecule has 20 heavy (non-hydrogen) atoms. The fourth-order valence-electron chi connectivity index (χ4n) is 1.75. The van der Waals surface area contributed by atoms with E-state index < -0.39 is 0 Å². The SMILES string of the molecule is CCC(C)Oc1cccc(OCc2cccc(Cl)c2)c1. The highest BCUT2D eigenvalue weighted by atomic mass is 35.5. The van der Waals surface area contributed by atoms with Crippen molar-refractivity contribution in [3.63, 3.8) is 0 Å². The zero-order chi connectivity index (χ0) is 14.4. The summed E-state index contributed by atoms with van der Waals surface area (Å²) in [5, 5.41) is 0.722. The van der Waals surface area contributed by atoms with Crippen LogP contribution in [0.25, 0.3) is 0 Å². The molecular weight excluding hydrogens is 272 g/mol. The summed E-state index contributed by atoms with van der Waals surface area (Å²) in [6.07, 6.45) is 1.19. The van der Waals surface area contributed by atoms with Gasteiger partial charge >= 0.3 is 0 Å². The Kier molecular flexibility index (Phi) is 5.31. The van der Waals surface area contributed by atoms with Crippen molar-refractivity contribution in [1.29, 1.82) is 0 Å². The minimum Gasteiger partial charge on any atom is -0.491 e. The Labute approximate surface area is 125 Å². The molecule has 0 aliphatic heterocycles. The maximum atomic E-state index is 5.95. The van der Waals surface area contributed by atoms with Crippen molar-refractivity contribution in [2.45, 2.75) is 33.0 Å². The molecule has 0 radical (unpaired) electrons. The highest BCUT2D eigenvalue weighted by Gasteiger charge is 2.03. The van der Waals surface area contributed by atoms with Crippen LogP contribution in [0.3, 0.4) is 0 Å². The number of rotatable bonds is 6. The Hall–Kier alpha value is -1.67. The number of hydrogen-bond donors (Lipinski definition) is 0. The first-order valence-electron chi connectivity index (χ1n) is 6.81. The van der Waals surface area contributed by atoms with Crippen LogP contribution in [0.2, 0.25) is 5.02 Å². The molecule has 0 saturated carbocycles. The first-order valence-corrected chi connectivity index (χ1v) is 7.19. The molecule has 2 nitrogen and oxygen atoms in total. The summed E-state index contributed by atoms with van der Waals surface area (Å²) < 4.78 is 11.5. The van der Waals surface area contributed by atoms with Gasteiger partial charge in [-0.3, -0.25) is 0 Å². The normalized spacial score (nSPS) is 11.9. The number of benzene rings is 2. The van der Waals surface area contributed by atoms with E-state index in [1.165, 1.54) is 0 Å². The first-order chi connectivity index (χ1) is 9.67. The second-order valence-corrected chi connectivity index (χ2v) is 5.17.